The Morgan fingerprint density at radius 1 is 1.35 bits per heavy atom. The lowest BCUT2D eigenvalue weighted by atomic mass is 10.1. The van der Waals surface area contributed by atoms with Crippen molar-refractivity contribution in [2.75, 3.05) is 6.61 Å². The van der Waals surface area contributed by atoms with E-state index >= 15 is 0 Å². The number of benzene rings is 1. The minimum absolute atomic E-state index is 0.138. The van der Waals surface area contributed by atoms with Crippen molar-refractivity contribution in [2.45, 2.75) is 13.8 Å². The van der Waals surface area contributed by atoms with Gasteiger partial charge < -0.3 is 4.74 Å². The van der Waals surface area contributed by atoms with Gasteiger partial charge in [-0.1, -0.05) is 12.1 Å². The maximum atomic E-state index is 11.8. The van der Waals surface area contributed by atoms with Crippen LogP contribution >= 0.6 is 0 Å². The van der Waals surface area contributed by atoms with E-state index in [9.17, 15) is 9.59 Å². The second-order valence-electron chi connectivity index (χ2n) is 4.39. The van der Waals surface area contributed by atoms with E-state index in [0.29, 0.717) is 12.3 Å². The predicted molar refractivity (Wildman–Crippen MR) is 76.1 cm³/mol. The van der Waals surface area contributed by atoms with Crippen molar-refractivity contribution in [2.24, 2.45) is 7.05 Å². The minimum atomic E-state index is -0.387. The molecule has 0 fully saturated rings. The van der Waals surface area contributed by atoms with Gasteiger partial charge >= 0.3 is 0 Å². The van der Waals surface area contributed by atoms with E-state index in [1.807, 2.05) is 31.2 Å². The summed E-state index contributed by atoms with van der Waals surface area (Å²) in [5.41, 5.74) is 1.12. The zero-order valence-electron chi connectivity index (χ0n) is 11.7. The highest BCUT2D eigenvalue weighted by atomic mass is 16.5. The molecule has 0 unspecified atom stereocenters. The first-order valence-electron chi connectivity index (χ1n) is 6.35. The molecule has 0 spiro atoms. The van der Waals surface area contributed by atoms with Gasteiger partial charge in [-0.3, -0.25) is 9.59 Å². The molecular formula is C15H16N2O3. The normalized spacial score (nSPS) is 10.3. The van der Waals surface area contributed by atoms with Gasteiger partial charge in [0.25, 0.3) is 5.56 Å². The Morgan fingerprint density at radius 3 is 2.75 bits per heavy atom. The van der Waals surface area contributed by atoms with Crippen molar-refractivity contribution in [1.29, 1.82) is 0 Å². The van der Waals surface area contributed by atoms with Crippen molar-refractivity contribution in [3.05, 3.63) is 46.2 Å². The summed E-state index contributed by atoms with van der Waals surface area (Å²) in [5.74, 6) is 0.459. The Morgan fingerprint density at radius 2 is 2.10 bits per heavy atom. The highest BCUT2D eigenvalue weighted by molar-refractivity contribution is 5.94. The Bertz CT molecular complexity index is 705. The summed E-state index contributed by atoms with van der Waals surface area (Å²) in [5, 5.41) is 4.18. The summed E-state index contributed by atoms with van der Waals surface area (Å²) < 4.78 is 6.62. The van der Waals surface area contributed by atoms with Crippen LogP contribution in [0.15, 0.2) is 35.1 Å². The molecule has 0 saturated carbocycles. The molecule has 0 saturated heterocycles. The van der Waals surface area contributed by atoms with Gasteiger partial charge in [0, 0.05) is 12.6 Å². The van der Waals surface area contributed by atoms with Crippen LogP contribution in [0.25, 0.3) is 11.3 Å². The summed E-state index contributed by atoms with van der Waals surface area (Å²) in [6, 6.07) is 8.91. The summed E-state index contributed by atoms with van der Waals surface area (Å²) in [4.78, 5) is 23.3. The van der Waals surface area contributed by atoms with Crippen LogP contribution in [0, 0.1) is 0 Å². The standard InChI is InChI=1S/C15H16N2O3/c1-4-20-12-7-5-6-11(8-12)14-9-13(10(2)18)15(19)17(3)16-14/h5-9H,4H2,1-3H3. The minimum Gasteiger partial charge on any atom is -0.494 e. The van der Waals surface area contributed by atoms with Crippen LogP contribution in [0.4, 0.5) is 0 Å². The van der Waals surface area contributed by atoms with Gasteiger partial charge in [-0.05, 0) is 32.0 Å². The van der Waals surface area contributed by atoms with Crippen molar-refractivity contribution in [1.82, 2.24) is 9.78 Å². The summed E-state index contributed by atoms with van der Waals surface area (Å²) in [7, 11) is 1.53. The zero-order chi connectivity index (χ0) is 14.7. The van der Waals surface area contributed by atoms with E-state index in [2.05, 4.69) is 5.10 Å². The molecule has 1 heterocycles. The largest absolute Gasteiger partial charge is 0.494 e. The van der Waals surface area contributed by atoms with Gasteiger partial charge in [0.1, 0.15) is 5.75 Å². The lowest BCUT2D eigenvalue weighted by Gasteiger charge is -2.08. The number of aromatic nitrogens is 2. The van der Waals surface area contributed by atoms with Gasteiger partial charge in [0.2, 0.25) is 0 Å². The molecule has 2 aromatic rings. The van der Waals surface area contributed by atoms with Gasteiger partial charge in [-0.15, -0.1) is 0 Å². The van der Waals surface area contributed by atoms with Crippen LogP contribution in [0.5, 0.6) is 5.75 Å². The fraction of sp³-hybridized carbons (Fsp3) is 0.267. The molecule has 0 aliphatic rings. The van der Waals surface area contributed by atoms with Crippen LogP contribution < -0.4 is 10.3 Å². The van der Waals surface area contributed by atoms with Crippen LogP contribution in [-0.2, 0) is 7.05 Å². The molecule has 0 bridgehead atoms. The fourth-order valence-corrected chi connectivity index (χ4v) is 1.91. The lowest BCUT2D eigenvalue weighted by Crippen LogP contribution is -2.25. The first-order chi connectivity index (χ1) is 9.52. The van der Waals surface area contributed by atoms with Crippen molar-refractivity contribution in [3.63, 3.8) is 0 Å². The number of ketones is 1. The summed E-state index contributed by atoms with van der Waals surface area (Å²) in [6.45, 7) is 3.85. The number of carbonyl (C=O) groups excluding carboxylic acids is 1. The molecule has 0 radical (unpaired) electrons. The Kier molecular flexibility index (Phi) is 3.98. The SMILES string of the molecule is CCOc1cccc(-c2cc(C(C)=O)c(=O)n(C)n2)c1. The molecule has 2 rings (SSSR count). The van der Waals surface area contributed by atoms with Crippen LogP contribution in [-0.4, -0.2) is 22.2 Å². The number of nitrogens with zero attached hydrogens (tertiary/aromatic N) is 2. The zero-order valence-corrected chi connectivity index (χ0v) is 11.7. The van der Waals surface area contributed by atoms with Crippen molar-refractivity contribution < 1.29 is 9.53 Å². The van der Waals surface area contributed by atoms with Crippen molar-refractivity contribution >= 4 is 5.78 Å². The number of ether oxygens (including phenoxy) is 1. The molecule has 104 valence electrons. The highest BCUT2D eigenvalue weighted by Gasteiger charge is 2.11. The molecule has 20 heavy (non-hydrogen) atoms. The summed E-state index contributed by atoms with van der Waals surface area (Å²) in [6.07, 6.45) is 0. The van der Waals surface area contributed by atoms with E-state index in [4.69, 9.17) is 4.74 Å². The molecule has 5 nitrogen and oxygen atoms in total. The molecule has 1 aromatic heterocycles. The Labute approximate surface area is 116 Å². The maximum Gasteiger partial charge on any atom is 0.277 e. The average Bonchev–Trinajstić information content (AvgIpc) is 2.42. The Balaban J connectivity index is 2.55. The molecule has 0 atom stereocenters. The van der Waals surface area contributed by atoms with Crippen LogP contribution in [0.3, 0.4) is 0 Å². The van der Waals surface area contributed by atoms with Crippen LogP contribution in [0.2, 0.25) is 0 Å². The smallest absolute Gasteiger partial charge is 0.277 e. The topological polar surface area (TPSA) is 61.2 Å². The monoisotopic (exact) mass is 272 g/mol. The Hall–Kier alpha value is -2.43. The second-order valence-corrected chi connectivity index (χ2v) is 4.39. The number of hydrogen-bond donors (Lipinski definition) is 0. The van der Waals surface area contributed by atoms with Gasteiger partial charge in [0.05, 0.1) is 17.9 Å². The molecule has 1 aromatic carbocycles. The number of rotatable bonds is 4. The molecule has 0 aliphatic heterocycles. The molecule has 0 N–H and O–H groups in total. The summed E-state index contributed by atoms with van der Waals surface area (Å²) >= 11 is 0. The third kappa shape index (κ3) is 2.77. The van der Waals surface area contributed by atoms with E-state index < -0.39 is 0 Å². The van der Waals surface area contributed by atoms with Gasteiger partial charge in [-0.25, -0.2) is 4.68 Å². The van der Waals surface area contributed by atoms with E-state index in [1.54, 1.807) is 0 Å². The fourth-order valence-electron chi connectivity index (χ4n) is 1.91. The molecular weight excluding hydrogens is 256 g/mol. The predicted octanol–water partition coefficient (Wildman–Crippen LogP) is 2.05. The number of aryl methyl sites for hydroxylation is 1. The third-order valence-electron chi connectivity index (χ3n) is 2.88. The van der Waals surface area contributed by atoms with Crippen molar-refractivity contribution in [3.8, 4) is 17.0 Å². The van der Waals surface area contributed by atoms with Gasteiger partial charge in [0.15, 0.2) is 5.78 Å². The molecule has 5 heteroatoms. The maximum absolute atomic E-state index is 11.8. The van der Waals surface area contributed by atoms with Crippen LogP contribution in [0.1, 0.15) is 24.2 Å². The van der Waals surface area contributed by atoms with E-state index in [0.717, 1.165) is 11.3 Å². The quantitative estimate of drug-likeness (QED) is 0.799. The first kappa shape index (κ1) is 14.0. The van der Waals surface area contributed by atoms with Gasteiger partial charge in [-0.2, -0.15) is 5.10 Å². The van der Waals surface area contributed by atoms with E-state index in [-0.39, 0.29) is 16.9 Å². The second kappa shape index (κ2) is 5.69. The first-order valence-corrected chi connectivity index (χ1v) is 6.35. The lowest BCUT2D eigenvalue weighted by molar-refractivity contribution is 0.101. The third-order valence-corrected chi connectivity index (χ3v) is 2.88. The number of carbonyl (C=O) groups is 1. The number of hydrogen-bond acceptors (Lipinski definition) is 4. The molecule has 0 amide bonds. The van der Waals surface area contributed by atoms with E-state index in [1.165, 1.54) is 24.7 Å². The average molecular weight is 272 g/mol. The molecule has 0 aliphatic carbocycles. The number of Topliss-reactive ketones (excluding diaryl/α,β-unsaturated/α-hetero) is 1. The highest BCUT2D eigenvalue weighted by Crippen LogP contribution is 2.22.